The molecule has 1 rings (SSSR count). The van der Waals surface area contributed by atoms with Gasteiger partial charge < -0.3 is 4.74 Å². The number of benzene rings is 1. The molecule has 0 aromatic heterocycles. The Bertz CT molecular complexity index is 432. The molecular weight excluding hydrogens is 245 g/mol. The van der Waals surface area contributed by atoms with Crippen LogP contribution in [0.2, 0.25) is 0 Å². The molecule has 0 N–H and O–H groups in total. The minimum absolute atomic E-state index is 0.0761. The summed E-state index contributed by atoms with van der Waals surface area (Å²) in [5.74, 6) is 0.187. The van der Waals surface area contributed by atoms with Gasteiger partial charge in [0, 0.05) is 5.56 Å². The summed E-state index contributed by atoms with van der Waals surface area (Å²) in [6, 6.07) is 4.31. The van der Waals surface area contributed by atoms with Crippen molar-refractivity contribution in [1.29, 1.82) is 0 Å². The minimum atomic E-state index is -0.502. The first-order valence-corrected chi connectivity index (χ1v) is 6.49. The van der Waals surface area contributed by atoms with Crippen LogP contribution in [0.4, 0.5) is 4.39 Å². The Morgan fingerprint density at radius 3 is 2.63 bits per heavy atom. The van der Waals surface area contributed by atoms with Crippen molar-refractivity contribution < 1.29 is 13.9 Å². The molecule has 0 saturated heterocycles. The number of carbonyl (C=O) groups excluding carboxylic acids is 1. The zero-order chi connectivity index (χ0) is 14.4. The number of nitrogens with zero attached hydrogens (tertiary/aromatic N) is 1. The van der Waals surface area contributed by atoms with E-state index in [1.807, 2.05) is 11.9 Å². The van der Waals surface area contributed by atoms with Gasteiger partial charge in [0.1, 0.15) is 0 Å². The summed E-state index contributed by atoms with van der Waals surface area (Å²) in [6.45, 7) is 5.46. The SMILES string of the molecule is COc1ccc(C(=O)CN(C)CCC(C)C)cc1F. The van der Waals surface area contributed by atoms with E-state index in [1.165, 1.54) is 19.2 Å². The molecule has 3 nitrogen and oxygen atoms in total. The van der Waals surface area contributed by atoms with E-state index in [1.54, 1.807) is 6.07 Å². The van der Waals surface area contributed by atoms with Gasteiger partial charge in [-0.15, -0.1) is 0 Å². The molecule has 1 aromatic rings. The van der Waals surface area contributed by atoms with E-state index in [-0.39, 0.29) is 11.5 Å². The van der Waals surface area contributed by atoms with E-state index in [9.17, 15) is 9.18 Å². The minimum Gasteiger partial charge on any atom is -0.494 e. The molecule has 19 heavy (non-hydrogen) atoms. The van der Waals surface area contributed by atoms with Crippen LogP contribution >= 0.6 is 0 Å². The molecule has 0 heterocycles. The summed E-state index contributed by atoms with van der Waals surface area (Å²) < 4.78 is 18.3. The van der Waals surface area contributed by atoms with Crippen molar-refractivity contribution in [3.8, 4) is 5.75 Å². The number of methoxy groups -OCH3 is 1. The van der Waals surface area contributed by atoms with Crippen molar-refractivity contribution in [2.75, 3.05) is 27.2 Å². The molecule has 0 aliphatic heterocycles. The highest BCUT2D eigenvalue weighted by Gasteiger charge is 2.12. The number of ether oxygens (including phenoxy) is 1. The van der Waals surface area contributed by atoms with Crippen LogP contribution in [0.3, 0.4) is 0 Å². The van der Waals surface area contributed by atoms with Crippen molar-refractivity contribution in [3.63, 3.8) is 0 Å². The van der Waals surface area contributed by atoms with Crippen molar-refractivity contribution in [3.05, 3.63) is 29.6 Å². The van der Waals surface area contributed by atoms with Gasteiger partial charge in [-0.05, 0) is 44.1 Å². The number of Topliss-reactive ketones (excluding diaryl/α,β-unsaturated/α-hetero) is 1. The number of hydrogen-bond donors (Lipinski definition) is 0. The zero-order valence-corrected chi connectivity index (χ0v) is 12.1. The lowest BCUT2D eigenvalue weighted by Gasteiger charge is -2.17. The molecule has 0 fully saturated rings. The van der Waals surface area contributed by atoms with E-state index in [0.29, 0.717) is 18.0 Å². The number of hydrogen-bond acceptors (Lipinski definition) is 3. The quantitative estimate of drug-likeness (QED) is 0.711. The molecule has 106 valence electrons. The first-order valence-electron chi connectivity index (χ1n) is 6.49. The molecule has 0 radical (unpaired) electrons. The summed E-state index contributed by atoms with van der Waals surface area (Å²) in [6.07, 6.45) is 1.04. The molecule has 0 bridgehead atoms. The second-order valence-electron chi connectivity index (χ2n) is 5.19. The number of carbonyl (C=O) groups is 1. The largest absolute Gasteiger partial charge is 0.494 e. The predicted molar refractivity (Wildman–Crippen MR) is 74.2 cm³/mol. The summed E-state index contributed by atoms with van der Waals surface area (Å²) >= 11 is 0. The second-order valence-corrected chi connectivity index (χ2v) is 5.19. The Hall–Kier alpha value is -1.42. The molecule has 0 aliphatic carbocycles. The molecular formula is C15H22FNO2. The lowest BCUT2D eigenvalue weighted by molar-refractivity contribution is 0.0943. The summed E-state index contributed by atoms with van der Waals surface area (Å²) in [5, 5.41) is 0. The van der Waals surface area contributed by atoms with Gasteiger partial charge in [0.05, 0.1) is 13.7 Å². The van der Waals surface area contributed by atoms with Crippen LogP contribution in [0, 0.1) is 11.7 Å². The molecule has 0 saturated carbocycles. The molecule has 0 amide bonds. The van der Waals surface area contributed by atoms with Gasteiger partial charge in [0.2, 0.25) is 0 Å². The summed E-state index contributed by atoms with van der Waals surface area (Å²) in [7, 11) is 3.31. The van der Waals surface area contributed by atoms with Crippen LogP contribution in [0.5, 0.6) is 5.75 Å². The van der Waals surface area contributed by atoms with Crippen molar-refractivity contribution in [1.82, 2.24) is 4.90 Å². The van der Waals surface area contributed by atoms with Gasteiger partial charge in [-0.1, -0.05) is 13.8 Å². The maximum atomic E-state index is 13.5. The maximum Gasteiger partial charge on any atom is 0.176 e. The lowest BCUT2D eigenvalue weighted by Crippen LogP contribution is -2.27. The Kier molecular flexibility index (Phi) is 5.96. The van der Waals surface area contributed by atoms with Crippen LogP contribution in [-0.4, -0.2) is 37.9 Å². The lowest BCUT2D eigenvalue weighted by atomic mass is 10.1. The molecule has 4 heteroatoms. The maximum absolute atomic E-state index is 13.5. The average molecular weight is 267 g/mol. The van der Waals surface area contributed by atoms with Crippen LogP contribution in [-0.2, 0) is 0 Å². The number of likely N-dealkylation sites (N-methyl/N-ethyl adjacent to an activating group) is 1. The highest BCUT2D eigenvalue weighted by molar-refractivity contribution is 5.97. The highest BCUT2D eigenvalue weighted by Crippen LogP contribution is 2.18. The van der Waals surface area contributed by atoms with Gasteiger partial charge in [-0.2, -0.15) is 0 Å². The third-order valence-electron chi connectivity index (χ3n) is 2.98. The summed E-state index contributed by atoms with van der Waals surface area (Å²) in [5.41, 5.74) is 0.384. The molecule has 0 spiro atoms. The normalized spacial score (nSPS) is 11.1. The topological polar surface area (TPSA) is 29.5 Å². The summed E-state index contributed by atoms with van der Waals surface area (Å²) in [4.78, 5) is 14.0. The Morgan fingerprint density at radius 1 is 1.42 bits per heavy atom. The first-order chi connectivity index (χ1) is 8.93. The number of halogens is 1. The van der Waals surface area contributed by atoms with Gasteiger partial charge in [0.25, 0.3) is 0 Å². The first kappa shape index (κ1) is 15.6. The fourth-order valence-electron chi connectivity index (χ4n) is 1.73. The van der Waals surface area contributed by atoms with E-state index in [4.69, 9.17) is 4.74 Å². The fourth-order valence-corrected chi connectivity index (χ4v) is 1.73. The van der Waals surface area contributed by atoms with Gasteiger partial charge >= 0.3 is 0 Å². The monoisotopic (exact) mass is 267 g/mol. The van der Waals surface area contributed by atoms with E-state index >= 15 is 0 Å². The van der Waals surface area contributed by atoms with E-state index < -0.39 is 5.82 Å². The molecule has 0 aliphatic rings. The van der Waals surface area contributed by atoms with Crippen LogP contribution in [0.25, 0.3) is 0 Å². The third-order valence-corrected chi connectivity index (χ3v) is 2.98. The van der Waals surface area contributed by atoms with E-state index in [2.05, 4.69) is 13.8 Å². The average Bonchev–Trinajstić information content (AvgIpc) is 2.36. The van der Waals surface area contributed by atoms with Crippen LogP contribution in [0.15, 0.2) is 18.2 Å². The number of ketones is 1. The Morgan fingerprint density at radius 2 is 2.11 bits per heavy atom. The smallest absolute Gasteiger partial charge is 0.176 e. The van der Waals surface area contributed by atoms with Crippen molar-refractivity contribution >= 4 is 5.78 Å². The molecule has 0 unspecified atom stereocenters. The molecule has 0 atom stereocenters. The van der Waals surface area contributed by atoms with Crippen molar-refractivity contribution in [2.45, 2.75) is 20.3 Å². The second kappa shape index (κ2) is 7.24. The molecule has 1 aromatic carbocycles. The van der Waals surface area contributed by atoms with Gasteiger partial charge in [0.15, 0.2) is 17.3 Å². The van der Waals surface area contributed by atoms with E-state index in [0.717, 1.165) is 13.0 Å². The standard InChI is InChI=1S/C15H22FNO2/c1-11(2)7-8-17(3)10-14(18)12-5-6-15(19-4)13(16)9-12/h5-6,9,11H,7-8,10H2,1-4H3. The van der Waals surface area contributed by atoms with Gasteiger partial charge in [-0.25, -0.2) is 4.39 Å². The van der Waals surface area contributed by atoms with Crippen molar-refractivity contribution in [2.24, 2.45) is 5.92 Å². The van der Waals surface area contributed by atoms with Gasteiger partial charge in [-0.3, -0.25) is 9.69 Å². The predicted octanol–water partition coefficient (Wildman–Crippen LogP) is 2.99. The third kappa shape index (κ3) is 4.99. The Labute approximate surface area is 114 Å². The van der Waals surface area contributed by atoms with Crippen LogP contribution < -0.4 is 4.74 Å². The zero-order valence-electron chi connectivity index (χ0n) is 12.1. The number of rotatable bonds is 7. The Balaban J connectivity index is 2.60. The highest BCUT2D eigenvalue weighted by atomic mass is 19.1. The van der Waals surface area contributed by atoms with Crippen LogP contribution in [0.1, 0.15) is 30.6 Å². The fraction of sp³-hybridized carbons (Fsp3) is 0.533.